The monoisotopic (exact) mass is 191 g/mol. The standard InChI is InChI=1S/C11H13NO2/c13-11-12(7-4-8-14-11)9-10-5-2-1-3-6-10/h1-3,5-6H,4,7-9H2. The first kappa shape index (κ1) is 9.06. The zero-order valence-corrected chi connectivity index (χ0v) is 7.98. The molecule has 1 aliphatic rings. The van der Waals surface area contributed by atoms with E-state index < -0.39 is 0 Å². The minimum Gasteiger partial charge on any atom is -0.449 e. The first-order valence-corrected chi connectivity index (χ1v) is 4.82. The molecule has 2 rings (SSSR count). The molecule has 0 atom stereocenters. The molecule has 1 aliphatic heterocycles. The summed E-state index contributed by atoms with van der Waals surface area (Å²) in [5.41, 5.74) is 1.14. The molecule has 1 fully saturated rings. The van der Waals surface area contributed by atoms with E-state index in [-0.39, 0.29) is 6.09 Å². The second-order valence-electron chi connectivity index (χ2n) is 3.38. The summed E-state index contributed by atoms with van der Waals surface area (Å²) < 4.78 is 4.95. The summed E-state index contributed by atoms with van der Waals surface area (Å²) in [5, 5.41) is 0. The number of benzene rings is 1. The van der Waals surface area contributed by atoms with Gasteiger partial charge >= 0.3 is 6.09 Å². The van der Waals surface area contributed by atoms with Crippen LogP contribution in [0.5, 0.6) is 0 Å². The third-order valence-electron chi connectivity index (χ3n) is 2.27. The fourth-order valence-electron chi connectivity index (χ4n) is 1.54. The predicted octanol–water partition coefficient (Wildman–Crippen LogP) is 2.03. The zero-order chi connectivity index (χ0) is 9.80. The number of cyclic esters (lactones) is 1. The Morgan fingerprint density at radius 3 is 2.79 bits per heavy atom. The molecule has 1 saturated heterocycles. The number of nitrogens with zero attached hydrogens (tertiary/aromatic N) is 1. The van der Waals surface area contributed by atoms with Gasteiger partial charge in [0.05, 0.1) is 6.61 Å². The molecule has 0 aliphatic carbocycles. The molecule has 3 nitrogen and oxygen atoms in total. The summed E-state index contributed by atoms with van der Waals surface area (Å²) in [4.78, 5) is 13.0. The van der Waals surface area contributed by atoms with Gasteiger partial charge in [-0.05, 0) is 12.0 Å². The minimum absolute atomic E-state index is 0.194. The number of amides is 1. The lowest BCUT2D eigenvalue weighted by Gasteiger charge is -2.26. The Morgan fingerprint density at radius 1 is 1.29 bits per heavy atom. The molecule has 74 valence electrons. The third kappa shape index (κ3) is 2.05. The molecule has 1 aromatic carbocycles. The predicted molar refractivity (Wildman–Crippen MR) is 52.8 cm³/mol. The molecule has 0 unspecified atom stereocenters. The average Bonchev–Trinajstić information content (AvgIpc) is 2.23. The minimum atomic E-state index is -0.194. The lowest BCUT2D eigenvalue weighted by atomic mass is 10.2. The maximum Gasteiger partial charge on any atom is 0.410 e. The van der Waals surface area contributed by atoms with Gasteiger partial charge in [0.1, 0.15) is 0 Å². The highest BCUT2D eigenvalue weighted by Gasteiger charge is 2.18. The van der Waals surface area contributed by atoms with E-state index >= 15 is 0 Å². The topological polar surface area (TPSA) is 29.5 Å². The van der Waals surface area contributed by atoms with Crippen LogP contribution in [0.2, 0.25) is 0 Å². The zero-order valence-electron chi connectivity index (χ0n) is 7.98. The smallest absolute Gasteiger partial charge is 0.410 e. The Bertz CT molecular complexity index is 310. The molecular weight excluding hydrogens is 178 g/mol. The van der Waals surface area contributed by atoms with Crippen molar-refractivity contribution in [3.63, 3.8) is 0 Å². The lowest BCUT2D eigenvalue weighted by Crippen LogP contribution is -2.36. The van der Waals surface area contributed by atoms with Gasteiger partial charge in [-0.3, -0.25) is 0 Å². The molecule has 3 heteroatoms. The van der Waals surface area contributed by atoms with Crippen LogP contribution in [0.15, 0.2) is 30.3 Å². The Kier molecular flexibility index (Phi) is 2.68. The SMILES string of the molecule is O=C1OCCCN1Cc1ccccc1. The van der Waals surface area contributed by atoms with Gasteiger partial charge in [-0.25, -0.2) is 4.79 Å². The molecular formula is C11H13NO2. The number of rotatable bonds is 2. The molecule has 0 spiro atoms. The fourth-order valence-corrected chi connectivity index (χ4v) is 1.54. The second kappa shape index (κ2) is 4.13. The third-order valence-corrected chi connectivity index (χ3v) is 2.27. The summed E-state index contributed by atoms with van der Waals surface area (Å²) in [7, 11) is 0. The van der Waals surface area contributed by atoms with Gasteiger partial charge in [0.2, 0.25) is 0 Å². The molecule has 1 heterocycles. The number of carbonyl (C=O) groups excluding carboxylic acids is 1. The highest BCUT2D eigenvalue weighted by atomic mass is 16.6. The van der Waals surface area contributed by atoms with Crippen molar-refractivity contribution in [2.24, 2.45) is 0 Å². The van der Waals surface area contributed by atoms with Gasteiger partial charge in [-0.15, -0.1) is 0 Å². The number of hydrogen-bond donors (Lipinski definition) is 0. The number of hydrogen-bond acceptors (Lipinski definition) is 2. The van der Waals surface area contributed by atoms with E-state index in [2.05, 4.69) is 0 Å². The van der Waals surface area contributed by atoms with Crippen LogP contribution in [0.25, 0.3) is 0 Å². The van der Waals surface area contributed by atoms with Gasteiger partial charge in [-0.2, -0.15) is 0 Å². The van der Waals surface area contributed by atoms with Gasteiger partial charge in [0.15, 0.2) is 0 Å². The lowest BCUT2D eigenvalue weighted by molar-refractivity contribution is 0.0700. The van der Waals surface area contributed by atoms with E-state index in [9.17, 15) is 4.79 Å². The summed E-state index contributed by atoms with van der Waals surface area (Å²) in [6.45, 7) is 2.01. The number of carbonyl (C=O) groups is 1. The van der Waals surface area contributed by atoms with Crippen LogP contribution < -0.4 is 0 Å². The Morgan fingerprint density at radius 2 is 2.07 bits per heavy atom. The van der Waals surface area contributed by atoms with Gasteiger partial charge in [0.25, 0.3) is 0 Å². The van der Waals surface area contributed by atoms with E-state index in [4.69, 9.17) is 4.74 Å². The molecule has 14 heavy (non-hydrogen) atoms. The summed E-state index contributed by atoms with van der Waals surface area (Å²) in [5.74, 6) is 0. The Labute approximate surface area is 83.3 Å². The van der Waals surface area contributed by atoms with Crippen LogP contribution in [-0.2, 0) is 11.3 Å². The van der Waals surface area contributed by atoms with E-state index in [1.807, 2.05) is 30.3 Å². The summed E-state index contributed by atoms with van der Waals surface area (Å²) >= 11 is 0. The first-order chi connectivity index (χ1) is 6.86. The highest BCUT2D eigenvalue weighted by molar-refractivity contribution is 5.68. The van der Waals surface area contributed by atoms with Crippen molar-refractivity contribution in [2.75, 3.05) is 13.2 Å². The molecule has 0 radical (unpaired) electrons. The largest absolute Gasteiger partial charge is 0.449 e. The number of ether oxygens (including phenoxy) is 1. The summed E-state index contributed by atoms with van der Waals surface area (Å²) in [6, 6.07) is 9.96. The molecule has 0 saturated carbocycles. The van der Waals surface area contributed by atoms with Crippen molar-refractivity contribution < 1.29 is 9.53 Å². The summed E-state index contributed by atoms with van der Waals surface area (Å²) in [6.07, 6.45) is 0.735. The van der Waals surface area contributed by atoms with Crippen LogP contribution in [0.3, 0.4) is 0 Å². The van der Waals surface area contributed by atoms with Crippen LogP contribution >= 0.6 is 0 Å². The van der Waals surface area contributed by atoms with Crippen LogP contribution in [0.4, 0.5) is 4.79 Å². The average molecular weight is 191 g/mol. The Hall–Kier alpha value is -1.51. The molecule has 1 amide bonds. The van der Waals surface area contributed by atoms with Crippen molar-refractivity contribution in [3.8, 4) is 0 Å². The second-order valence-corrected chi connectivity index (χ2v) is 3.38. The van der Waals surface area contributed by atoms with Crippen molar-refractivity contribution in [1.82, 2.24) is 4.90 Å². The van der Waals surface area contributed by atoms with Crippen molar-refractivity contribution in [2.45, 2.75) is 13.0 Å². The van der Waals surface area contributed by atoms with Crippen molar-refractivity contribution in [3.05, 3.63) is 35.9 Å². The maximum atomic E-state index is 11.3. The molecule has 0 bridgehead atoms. The first-order valence-electron chi connectivity index (χ1n) is 4.82. The molecule has 0 N–H and O–H groups in total. The van der Waals surface area contributed by atoms with E-state index in [0.29, 0.717) is 13.2 Å². The maximum absolute atomic E-state index is 11.3. The Balaban J connectivity index is 2.00. The van der Waals surface area contributed by atoms with E-state index in [0.717, 1.165) is 18.5 Å². The van der Waals surface area contributed by atoms with Crippen LogP contribution in [-0.4, -0.2) is 24.1 Å². The quantitative estimate of drug-likeness (QED) is 0.715. The van der Waals surface area contributed by atoms with E-state index in [1.165, 1.54) is 0 Å². The molecule has 1 aromatic rings. The fraction of sp³-hybridized carbons (Fsp3) is 0.364. The normalized spacial score (nSPS) is 16.6. The van der Waals surface area contributed by atoms with E-state index in [1.54, 1.807) is 4.90 Å². The van der Waals surface area contributed by atoms with Crippen molar-refractivity contribution in [1.29, 1.82) is 0 Å². The van der Waals surface area contributed by atoms with Gasteiger partial charge < -0.3 is 9.64 Å². The van der Waals surface area contributed by atoms with Crippen molar-refractivity contribution >= 4 is 6.09 Å². The van der Waals surface area contributed by atoms with Gasteiger partial charge in [0, 0.05) is 13.1 Å². The van der Waals surface area contributed by atoms with Gasteiger partial charge in [-0.1, -0.05) is 30.3 Å². The van der Waals surface area contributed by atoms with Crippen LogP contribution in [0.1, 0.15) is 12.0 Å². The van der Waals surface area contributed by atoms with Crippen LogP contribution in [0, 0.1) is 0 Å². The highest BCUT2D eigenvalue weighted by Crippen LogP contribution is 2.10. The molecule has 0 aromatic heterocycles.